The molecule has 2 unspecified atom stereocenters. The highest BCUT2D eigenvalue weighted by molar-refractivity contribution is 14.1. The first-order valence-corrected chi connectivity index (χ1v) is 6.57. The number of rotatable bonds is 1. The summed E-state index contributed by atoms with van der Waals surface area (Å²) in [6.45, 7) is 0. The molecule has 10 heavy (non-hydrogen) atoms. The molecule has 0 radical (unpaired) electrons. The van der Waals surface area contributed by atoms with E-state index in [4.69, 9.17) is 0 Å². The third kappa shape index (κ3) is 2.14. The van der Waals surface area contributed by atoms with Gasteiger partial charge in [-0.25, -0.2) is 0 Å². The topological polar surface area (TPSA) is 0 Å². The van der Waals surface area contributed by atoms with E-state index in [1.807, 2.05) is 11.8 Å². The van der Waals surface area contributed by atoms with E-state index in [1.54, 1.807) is 0 Å². The summed E-state index contributed by atoms with van der Waals surface area (Å²) in [6.07, 6.45) is 8.76. The standard InChI is InChI=1S/C7H8I2S/c1-10-7-5(8)3-2-4-6(7)9/h2-5,7H,1H3. The van der Waals surface area contributed by atoms with Crippen molar-refractivity contribution in [2.75, 3.05) is 6.26 Å². The van der Waals surface area contributed by atoms with Crippen molar-refractivity contribution >= 4 is 56.9 Å². The Morgan fingerprint density at radius 1 is 1.60 bits per heavy atom. The lowest BCUT2D eigenvalue weighted by atomic mass is 10.2. The van der Waals surface area contributed by atoms with Gasteiger partial charge in [-0.05, 0) is 28.8 Å². The van der Waals surface area contributed by atoms with Crippen LogP contribution in [0.2, 0.25) is 0 Å². The predicted octanol–water partition coefficient (Wildman–Crippen LogP) is 3.41. The summed E-state index contributed by atoms with van der Waals surface area (Å²) in [6, 6.07) is 0. The van der Waals surface area contributed by atoms with Crippen LogP contribution in [0.25, 0.3) is 0 Å². The molecule has 0 heterocycles. The van der Waals surface area contributed by atoms with Crippen LogP contribution in [0.3, 0.4) is 0 Å². The zero-order valence-electron chi connectivity index (χ0n) is 5.55. The molecule has 0 fully saturated rings. The minimum Gasteiger partial charge on any atom is -0.155 e. The third-order valence-corrected chi connectivity index (χ3v) is 5.50. The molecule has 2 atom stereocenters. The Morgan fingerprint density at radius 3 is 2.70 bits per heavy atom. The van der Waals surface area contributed by atoms with Crippen LogP contribution >= 0.6 is 56.9 Å². The van der Waals surface area contributed by atoms with Crippen molar-refractivity contribution in [1.82, 2.24) is 0 Å². The molecule has 0 aromatic carbocycles. The summed E-state index contributed by atoms with van der Waals surface area (Å²) in [7, 11) is 0. The maximum Gasteiger partial charge on any atom is 0.0505 e. The van der Waals surface area contributed by atoms with Crippen LogP contribution in [-0.4, -0.2) is 15.4 Å². The Balaban J connectivity index is 2.71. The molecule has 3 heteroatoms. The quantitative estimate of drug-likeness (QED) is 0.498. The van der Waals surface area contributed by atoms with E-state index in [-0.39, 0.29) is 0 Å². The number of alkyl halides is 1. The van der Waals surface area contributed by atoms with Crippen LogP contribution in [0.1, 0.15) is 0 Å². The van der Waals surface area contributed by atoms with E-state index in [9.17, 15) is 0 Å². The molecule has 0 spiro atoms. The first-order chi connectivity index (χ1) is 4.75. The fraction of sp³-hybridized carbons (Fsp3) is 0.429. The van der Waals surface area contributed by atoms with Gasteiger partial charge >= 0.3 is 0 Å². The summed E-state index contributed by atoms with van der Waals surface area (Å²) in [5, 5.41) is 0.686. The van der Waals surface area contributed by atoms with Gasteiger partial charge in [0.15, 0.2) is 0 Å². The SMILES string of the molecule is CSC1C(I)=CC=CC1I. The molecule has 0 aliphatic heterocycles. The molecule has 1 rings (SSSR count). The Hall–Kier alpha value is 1.29. The van der Waals surface area contributed by atoms with E-state index >= 15 is 0 Å². The highest BCUT2D eigenvalue weighted by Gasteiger charge is 2.19. The van der Waals surface area contributed by atoms with Crippen LogP contribution in [0, 0.1) is 0 Å². The van der Waals surface area contributed by atoms with Crippen LogP contribution in [0.5, 0.6) is 0 Å². The van der Waals surface area contributed by atoms with E-state index in [0.29, 0.717) is 9.17 Å². The molecular weight excluding hydrogens is 370 g/mol. The van der Waals surface area contributed by atoms with E-state index in [1.165, 1.54) is 3.58 Å². The van der Waals surface area contributed by atoms with Crippen molar-refractivity contribution in [2.24, 2.45) is 0 Å². The maximum absolute atomic E-state index is 2.48. The van der Waals surface area contributed by atoms with Gasteiger partial charge in [0, 0.05) is 7.50 Å². The fourth-order valence-corrected chi connectivity index (χ4v) is 5.05. The average Bonchev–Trinajstić information content (AvgIpc) is 1.88. The highest BCUT2D eigenvalue weighted by Crippen LogP contribution is 2.32. The second-order valence-corrected chi connectivity index (χ2v) is 5.70. The molecule has 0 bridgehead atoms. The zero-order chi connectivity index (χ0) is 7.56. The lowest BCUT2D eigenvalue weighted by Gasteiger charge is -2.19. The smallest absolute Gasteiger partial charge is 0.0505 e. The maximum atomic E-state index is 2.48. The number of hydrogen-bond donors (Lipinski definition) is 0. The van der Waals surface area contributed by atoms with Crippen LogP contribution in [0.15, 0.2) is 21.8 Å². The van der Waals surface area contributed by atoms with Crippen molar-refractivity contribution in [2.45, 2.75) is 9.17 Å². The van der Waals surface area contributed by atoms with Crippen molar-refractivity contribution in [3.63, 3.8) is 0 Å². The minimum absolute atomic E-state index is 0.671. The van der Waals surface area contributed by atoms with Gasteiger partial charge < -0.3 is 0 Å². The van der Waals surface area contributed by atoms with Gasteiger partial charge in [-0.2, -0.15) is 11.8 Å². The number of thioether (sulfide) groups is 1. The molecule has 56 valence electrons. The molecule has 0 aromatic rings. The lowest BCUT2D eigenvalue weighted by molar-refractivity contribution is 1.11. The van der Waals surface area contributed by atoms with Crippen LogP contribution < -0.4 is 0 Å². The van der Waals surface area contributed by atoms with Crippen LogP contribution in [0.4, 0.5) is 0 Å². The van der Waals surface area contributed by atoms with E-state index in [2.05, 4.69) is 69.7 Å². The number of hydrogen-bond acceptors (Lipinski definition) is 1. The summed E-state index contributed by atoms with van der Waals surface area (Å²) < 4.78 is 2.14. The van der Waals surface area contributed by atoms with E-state index in [0.717, 1.165) is 0 Å². The van der Waals surface area contributed by atoms with Gasteiger partial charge in [0.05, 0.1) is 5.25 Å². The predicted molar refractivity (Wildman–Crippen MR) is 66.4 cm³/mol. The number of halogens is 2. The molecule has 0 amide bonds. The second kappa shape index (κ2) is 4.35. The summed E-state index contributed by atoms with van der Waals surface area (Å²) >= 11 is 6.83. The molecule has 0 N–H and O–H groups in total. The lowest BCUT2D eigenvalue weighted by Crippen LogP contribution is -2.16. The van der Waals surface area contributed by atoms with Crippen molar-refractivity contribution in [3.05, 3.63) is 21.8 Å². The summed E-state index contributed by atoms with van der Waals surface area (Å²) in [5.74, 6) is 0. The number of allylic oxidation sites excluding steroid dienone is 3. The molecule has 1 aliphatic rings. The summed E-state index contributed by atoms with van der Waals surface area (Å²) in [4.78, 5) is 0. The van der Waals surface area contributed by atoms with Gasteiger partial charge in [0.25, 0.3) is 0 Å². The van der Waals surface area contributed by atoms with Crippen LogP contribution in [-0.2, 0) is 0 Å². The van der Waals surface area contributed by atoms with Crippen molar-refractivity contribution in [3.8, 4) is 0 Å². The van der Waals surface area contributed by atoms with Gasteiger partial charge in [-0.15, -0.1) is 0 Å². The minimum atomic E-state index is 0.671. The Bertz CT molecular complexity index is 174. The van der Waals surface area contributed by atoms with Gasteiger partial charge in [0.1, 0.15) is 0 Å². The molecule has 0 aromatic heterocycles. The molecule has 0 saturated carbocycles. The molecule has 0 nitrogen and oxygen atoms in total. The highest BCUT2D eigenvalue weighted by atomic mass is 127. The van der Waals surface area contributed by atoms with Gasteiger partial charge in [-0.3, -0.25) is 0 Å². The average molecular weight is 378 g/mol. The molecule has 1 aliphatic carbocycles. The van der Waals surface area contributed by atoms with E-state index < -0.39 is 0 Å². The second-order valence-electron chi connectivity index (χ2n) is 2.04. The molecular formula is C7H8I2S. The normalized spacial score (nSPS) is 32.1. The zero-order valence-corrected chi connectivity index (χ0v) is 10.7. The first-order valence-electron chi connectivity index (χ1n) is 2.96. The first kappa shape index (κ1) is 9.38. The summed E-state index contributed by atoms with van der Waals surface area (Å²) in [5.41, 5.74) is 0. The Morgan fingerprint density at radius 2 is 2.30 bits per heavy atom. The van der Waals surface area contributed by atoms with Gasteiger partial charge in [0.2, 0.25) is 0 Å². The van der Waals surface area contributed by atoms with Crippen molar-refractivity contribution < 1.29 is 0 Å². The third-order valence-electron chi connectivity index (χ3n) is 1.37. The van der Waals surface area contributed by atoms with Gasteiger partial charge in [-0.1, -0.05) is 40.8 Å². The molecule has 0 saturated heterocycles. The Labute approximate surface area is 93.2 Å². The monoisotopic (exact) mass is 378 g/mol. The largest absolute Gasteiger partial charge is 0.155 e. The fourth-order valence-electron chi connectivity index (χ4n) is 0.844. The van der Waals surface area contributed by atoms with Crippen molar-refractivity contribution in [1.29, 1.82) is 0 Å². The Kier molecular flexibility index (Phi) is 4.08.